The number of rotatable bonds is 4. The number of hydrogen-bond donors (Lipinski definition) is 1. The fraction of sp³-hybridized carbons (Fsp3) is 0.267. The average molecular weight is 240 g/mol. The van der Waals surface area contributed by atoms with Gasteiger partial charge in [0.1, 0.15) is 0 Å². The quantitative estimate of drug-likeness (QED) is 0.875. The van der Waals surface area contributed by atoms with Gasteiger partial charge in [0, 0.05) is 30.2 Å². The Morgan fingerprint density at radius 3 is 2.44 bits per heavy atom. The molecule has 1 N–H and O–H groups in total. The molecule has 3 nitrogen and oxygen atoms in total. The van der Waals surface area contributed by atoms with Gasteiger partial charge >= 0.3 is 0 Å². The van der Waals surface area contributed by atoms with E-state index in [9.17, 15) is 4.79 Å². The molecule has 0 bridgehead atoms. The first-order valence-corrected chi connectivity index (χ1v) is 6.34. The number of amides is 1. The molecule has 1 heterocycles. The minimum absolute atomic E-state index is 0.0287. The third-order valence-corrected chi connectivity index (χ3v) is 3.28. The summed E-state index contributed by atoms with van der Waals surface area (Å²) in [5.41, 5.74) is 1.80. The van der Waals surface area contributed by atoms with Crippen molar-refractivity contribution < 1.29 is 4.79 Å². The molecule has 1 aliphatic carbocycles. The zero-order valence-electron chi connectivity index (χ0n) is 10.2. The fourth-order valence-corrected chi connectivity index (χ4v) is 1.95. The first-order valence-electron chi connectivity index (χ1n) is 6.34. The standard InChI is InChI=1S/C15H16N2O/c18-15(16-11-12-3-4-12)13-5-7-14(8-6-13)17-9-1-2-10-17/h1-2,5-10,12H,3-4,11H2,(H,16,18). The van der Waals surface area contributed by atoms with Crippen molar-refractivity contribution in [3.05, 3.63) is 54.4 Å². The van der Waals surface area contributed by atoms with Gasteiger partial charge in [-0.15, -0.1) is 0 Å². The van der Waals surface area contributed by atoms with Crippen LogP contribution in [0.15, 0.2) is 48.8 Å². The van der Waals surface area contributed by atoms with Gasteiger partial charge in [0.05, 0.1) is 0 Å². The SMILES string of the molecule is O=C(NCC1CC1)c1ccc(-n2cccc2)cc1. The molecular formula is C15H16N2O. The summed E-state index contributed by atoms with van der Waals surface area (Å²) in [6.07, 6.45) is 6.49. The molecule has 1 saturated carbocycles. The second-order valence-corrected chi connectivity index (χ2v) is 4.79. The topological polar surface area (TPSA) is 34.0 Å². The zero-order valence-corrected chi connectivity index (χ0v) is 10.2. The molecule has 3 heteroatoms. The predicted molar refractivity (Wildman–Crippen MR) is 70.8 cm³/mol. The molecule has 0 unspecified atom stereocenters. The van der Waals surface area contributed by atoms with E-state index in [0.29, 0.717) is 5.92 Å². The van der Waals surface area contributed by atoms with Crippen LogP contribution in [-0.4, -0.2) is 17.0 Å². The smallest absolute Gasteiger partial charge is 0.251 e. The maximum Gasteiger partial charge on any atom is 0.251 e. The van der Waals surface area contributed by atoms with Gasteiger partial charge in [-0.25, -0.2) is 0 Å². The van der Waals surface area contributed by atoms with E-state index in [1.807, 2.05) is 53.4 Å². The van der Waals surface area contributed by atoms with Crippen LogP contribution >= 0.6 is 0 Å². The molecule has 1 amide bonds. The molecule has 0 aliphatic heterocycles. The summed E-state index contributed by atoms with van der Waals surface area (Å²) in [5, 5.41) is 2.97. The number of carbonyl (C=O) groups is 1. The lowest BCUT2D eigenvalue weighted by molar-refractivity contribution is 0.0952. The first kappa shape index (κ1) is 11.1. The van der Waals surface area contributed by atoms with Crippen molar-refractivity contribution in [1.82, 2.24) is 9.88 Å². The van der Waals surface area contributed by atoms with Crippen LogP contribution in [0.4, 0.5) is 0 Å². The average Bonchev–Trinajstić information content (AvgIpc) is 3.08. The predicted octanol–water partition coefficient (Wildman–Crippen LogP) is 2.62. The second-order valence-electron chi connectivity index (χ2n) is 4.79. The van der Waals surface area contributed by atoms with E-state index in [1.54, 1.807) is 0 Å². The highest BCUT2D eigenvalue weighted by Crippen LogP contribution is 2.27. The van der Waals surface area contributed by atoms with Crippen molar-refractivity contribution in [3.63, 3.8) is 0 Å². The van der Waals surface area contributed by atoms with Gasteiger partial charge in [0.25, 0.3) is 5.91 Å². The number of hydrogen-bond acceptors (Lipinski definition) is 1. The number of carbonyl (C=O) groups excluding carboxylic acids is 1. The second kappa shape index (κ2) is 4.69. The Morgan fingerprint density at radius 2 is 1.83 bits per heavy atom. The monoisotopic (exact) mass is 240 g/mol. The molecule has 18 heavy (non-hydrogen) atoms. The fourth-order valence-electron chi connectivity index (χ4n) is 1.95. The third-order valence-electron chi connectivity index (χ3n) is 3.28. The number of nitrogens with zero attached hydrogens (tertiary/aromatic N) is 1. The van der Waals surface area contributed by atoms with E-state index in [4.69, 9.17) is 0 Å². The normalized spacial score (nSPS) is 14.4. The van der Waals surface area contributed by atoms with Gasteiger partial charge in [-0.2, -0.15) is 0 Å². The molecular weight excluding hydrogens is 224 g/mol. The van der Waals surface area contributed by atoms with Crippen LogP contribution in [0.1, 0.15) is 23.2 Å². The number of aromatic nitrogens is 1. The zero-order chi connectivity index (χ0) is 12.4. The molecule has 0 spiro atoms. The molecule has 1 aliphatic rings. The van der Waals surface area contributed by atoms with E-state index in [0.717, 1.165) is 17.8 Å². The summed E-state index contributed by atoms with van der Waals surface area (Å²) in [6.45, 7) is 0.818. The summed E-state index contributed by atoms with van der Waals surface area (Å²) in [7, 11) is 0. The van der Waals surface area contributed by atoms with Gasteiger partial charge in [0.15, 0.2) is 0 Å². The molecule has 2 aromatic rings. The van der Waals surface area contributed by atoms with Crippen LogP contribution in [0, 0.1) is 5.92 Å². The minimum atomic E-state index is 0.0287. The van der Waals surface area contributed by atoms with E-state index in [2.05, 4.69) is 5.32 Å². The Kier molecular flexibility index (Phi) is 2.89. The van der Waals surface area contributed by atoms with Crippen LogP contribution in [0.3, 0.4) is 0 Å². The summed E-state index contributed by atoms with van der Waals surface area (Å²) >= 11 is 0. The molecule has 92 valence electrons. The van der Waals surface area contributed by atoms with E-state index in [-0.39, 0.29) is 5.91 Å². The molecule has 1 aromatic heterocycles. The number of nitrogens with one attached hydrogen (secondary N) is 1. The first-order chi connectivity index (χ1) is 8.83. The van der Waals surface area contributed by atoms with E-state index < -0.39 is 0 Å². The Morgan fingerprint density at radius 1 is 1.17 bits per heavy atom. The van der Waals surface area contributed by atoms with Crippen LogP contribution in [-0.2, 0) is 0 Å². The van der Waals surface area contributed by atoms with Crippen LogP contribution in [0.2, 0.25) is 0 Å². The van der Waals surface area contributed by atoms with E-state index >= 15 is 0 Å². The van der Waals surface area contributed by atoms with Crippen molar-refractivity contribution in [2.24, 2.45) is 5.92 Å². The lowest BCUT2D eigenvalue weighted by Gasteiger charge is -2.06. The van der Waals surface area contributed by atoms with Crippen molar-refractivity contribution >= 4 is 5.91 Å². The molecule has 1 fully saturated rings. The summed E-state index contributed by atoms with van der Waals surface area (Å²) in [4.78, 5) is 11.9. The van der Waals surface area contributed by atoms with Crippen molar-refractivity contribution in [2.45, 2.75) is 12.8 Å². The third kappa shape index (κ3) is 2.45. The Hall–Kier alpha value is -2.03. The Bertz CT molecular complexity index is 524. The molecule has 0 saturated heterocycles. The summed E-state index contributed by atoms with van der Waals surface area (Å²) in [5.74, 6) is 0.744. The molecule has 1 aromatic carbocycles. The largest absolute Gasteiger partial charge is 0.352 e. The Labute approximate surface area is 106 Å². The number of benzene rings is 1. The van der Waals surface area contributed by atoms with Gasteiger partial charge in [-0.3, -0.25) is 4.79 Å². The Balaban J connectivity index is 1.68. The maximum atomic E-state index is 11.9. The highest BCUT2D eigenvalue weighted by Gasteiger charge is 2.21. The molecule has 0 atom stereocenters. The van der Waals surface area contributed by atoms with Crippen molar-refractivity contribution in [1.29, 1.82) is 0 Å². The van der Waals surface area contributed by atoms with Crippen LogP contribution in [0.25, 0.3) is 5.69 Å². The van der Waals surface area contributed by atoms with Gasteiger partial charge in [-0.1, -0.05) is 0 Å². The lowest BCUT2D eigenvalue weighted by atomic mass is 10.2. The van der Waals surface area contributed by atoms with Crippen molar-refractivity contribution in [3.8, 4) is 5.69 Å². The van der Waals surface area contributed by atoms with Crippen LogP contribution < -0.4 is 5.32 Å². The minimum Gasteiger partial charge on any atom is -0.352 e. The van der Waals surface area contributed by atoms with Gasteiger partial charge < -0.3 is 9.88 Å². The van der Waals surface area contributed by atoms with E-state index in [1.165, 1.54) is 12.8 Å². The highest BCUT2D eigenvalue weighted by atomic mass is 16.1. The highest BCUT2D eigenvalue weighted by molar-refractivity contribution is 5.94. The molecule has 3 rings (SSSR count). The van der Waals surface area contributed by atoms with Gasteiger partial charge in [0.2, 0.25) is 0 Å². The van der Waals surface area contributed by atoms with Crippen molar-refractivity contribution in [2.75, 3.05) is 6.54 Å². The van der Waals surface area contributed by atoms with Gasteiger partial charge in [-0.05, 0) is 55.2 Å². The van der Waals surface area contributed by atoms with Crippen LogP contribution in [0.5, 0.6) is 0 Å². The summed E-state index contributed by atoms with van der Waals surface area (Å²) < 4.78 is 2.02. The molecule has 0 radical (unpaired) electrons. The lowest BCUT2D eigenvalue weighted by Crippen LogP contribution is -2.25. The maximum absolute atomic E-state index is 11.9. The summed E-state index contributed by atoms with van der Waals surface area (Å²) in [6, 6.07) is 11.6.